The van der Waals surface area contributed by atoms with Gasteiger partial charge < -0.3 is 15.1 Å². The van der Waals surface area contributed by atoms with E-state index in [0.717, 1.165) is 9.80 Å². The maximum atomic E-state index is 12.3. The molecule has 21 heavy (non-hydrogen) atoms. The van der Waals surface area contributed by atoms with Crippen molar-refractivity contribution in [3.05, 3.63) is 35.4 Å². The SMILES string of the molecule is O=C1c2ccccc2C(=O)N1C(O)[C@@H]1CCCN1C(=O)O. The Morgan fingerprint density at radius 3 is 2.29 bits per heavy atom. The standard InChI is InChI=1S/C14H14N2O5/c17-11-8-4-1-2-5-9(8)12(18)16(11)13(19)10-6-3-7-15(10)14(20)21/h1-2,4-5,10,13,19H,3,6-7H2,(H,20,21)/t10-,13?/m0/s1. The Morgan fingerprint density at radius 1 is 1.19 bits per heavy atom. The summed E-state index contributed by atoms with van der Waals surface area (Å²) in [4.78, 5) is 37.5. The number of rotatable bonds is 2. The molecule has 2 aliphatic heterocycles. The second-order valence-electron chi connectivity index (χ2n) is 5.13. The third kappa shape index (κ3) is 1.97. The molecule has 3 rings (SSSR count). The molecule has 1 aromatic rings. The molecule has 0 aromatic heterocycles. The minimum atomic E-state index is -1.46. The third-order valence-corrected chi connectivity index (χ3v) is 3.98. The lowest BCUT2D eigenvalue weighted by Gasteiger charge is -2.31. The van der Waals surface area contributed by atoms with Crippen LogP contribution in [0, 0.1) is 0 Å². The Morgan fingerprint density at radius 2 is 1.76 bits per heavy atom. The minimum Gasteiger partial charge on any atom is -0.465 e. The molecule has 1 unspecified atom stereocenters. The van der Waals surface area contributed by atoms with E-state index in [1.807, 2.05) is 0 Å². The number of nitrogens with zero attached hydrogens (tertiary/aromatic N) is 2. The van der Waals surface area contributed by atoms with Gasteiger partial charge in [-0.1, -0.05) is 12.1 Å². The first kappa shape index (κ1) is 13.6. The van der Waals surface area contributed by atoms with Crippen LogP contribution < -0.4 is 0 Å². The zero-order valence-corrected chi connectivity index (χ0v) is 11.1. The van der Waals surface area contributed by atoms with Crippen molar-refractivity contribution < 1.29 is 24.6 Å². The second-order valence-corrected chi connectivity index (χ2v) is 5.13. The minimum absolute atomic E-state index is 0.237. The summed E-state index contributed by atoms with van der Waals surface area (Å²) in [6.07, 6.45) is -1.61. The Bertz CT molecular complexity index is 595. The van der Waals surface area contributed by atoms with Gasteiger partial charge in [-0.25, -0.2) is 9.69 Å². The average Bonchev–Trinajstić information content (AvgIpc) is 3.04. The van der Waals surface area contributed by atoms with Gasteiger partial charge in [-0.3, -0.25) is 9.59 Å². The zero-order chi connectivity index (χ0) is 15.1. The van der Waals surface area contributed by atoms with Gasteiger partial charge in [0, 0.05) is 6.54 Å². The summed E-state index contributed by atoms with van der Waals surface area (Å²) in [5.41, 5.74) is 0.475. The number of hydrogen-bond acceptors (Lipinski definition) is 4. The summed E-state index contributed by atoms with van der Waals surface area (Å²) in [5, 5.41) is 19.5. The van der Waals surface area contributed by atoms with Gasteiger partial charge in [0.2, 0.25) is 0 Å². The topological polar surface area (TPSA) is 98.2 Å². The van der Waals surface area contributed by atoms with Crippen LogP contribution in [0.4, 0.5) is 4.79 Å². The van der Waals surface area contributed by atoms with E-state index in [-0.39, 0.29) is 11.1 Å². The summed E-state index contributed by atoms with van der Waals surface area (Å²) >= 11 is 0. The lowest BCUT2D eigenvalue weighted by molar-refractivity contribution is -0.0207. The molecule has 0 spiro atoms. The van der Waals surface area contributed by atoms with Crippen LogP contribution in [0.15, 0.2) is 24.3 Å². The molecule has 1 saturated heterocycles. The number of hydrogen-bond donors (Lipinski definition) is 2. The van der Waals surface area contributed by atoms with Crippen LogP contribution in [0.3, 0.4) is 0 Å². The van der Waals surface area contributed by atoms with Crippen molar-refractivity contribution in [1.29, 1.82) is 0 Å². The van der Waals surface area contributed by atoms with Gasteiger partial charge in [-0.05, 0) is 25.0 Å². The molecule has 0 radical (unpaired) electrons. The van der Waals surface area contributed by atoms with Crippen LogP contribution in [0.25, 0.3) is 0 Å². The molecule has 0 saturated carbocycles. The van der Waals surface area contributed by atoms with Gasteiger partial charge in [0.1, 0.15) is 0 Å². The molecular weight excluding hydrogens is 276 g/mol. The summed E-state index contributed by atoms with van der Waals surface area (Å²) in [7, 11) is 0. The fourth-order valence-electron chi connectivity index (χ4n) is 2.96. The highest BCUT2D eigenvalue weighted by molar-refractivity contribution is 6.21. The van der Waals surface area contributed by atoms with Crippen LogP contribution in [0.2, 0.25) is 0 Å². The molecule has 3 amide bonds. The molecule has 110 valence electrons. The van der Waals surface area contributed by atoms with E-state index in [1.54, 1.807) is 12.1 Å². The van der Waals surface area contributed by atoms with E-state index in [0.29, 0.717) is 19.4 Å². The molecule has 2 atom stereocenters. The Hall–Kier alpha value is -2.41. The Balaban J connectivity index is 1.90. The van der Waals surface area contributed by atoms with E-state index >= 15 is 0 Å². The summed E-state index contributed by atoms with van der Waals surface area (Å²) in [6.45, 7) is 0.292. The highest BCUT2D eigenvalue weighted by atomic mass is 16.4. The summed E-state index contributed by atoms with van der Waals surface area (Å²) in [5.74, 6) is -1.17. The fraction of sp³-hybridized carbons (Fsp3) is 0.357. The monoisotopic (exact) mass is 290 g/mol. The predicted molar refractivity (Wildman–Crippen MR) is 70.7 cm³/mol. The first-order chi connectivity index (χ1) is 10.0. The van der Waals surface area contributed by atoms with Gasteiger partial charge in [-0.2, -0.15) is 0 Å². The van der Waals surface area contributed by atoms with Crippen LogP contribution in [0.1, 0.15) is 33.6 Å². The van der Waals surface area contributed by atoms with Crippen molar-refractivity contribution in [2.75, 3.05) is 6.54 Å². The second kappa shape index (κ2) is 4.85. The number of imide groups is 1. The van der Waals surface area contributed by atoms with Gasteiger partial charge in [0.05, 0.1) is 17.2 Å². The molecule has 0 bridgehead atoms. The summed E-state index contributed by atoms with van der Waals surface area (Å²) < 4.78 is 0. The maximum absolute atomic E-state index is 12.3. The van der Waals surface area contributed by atoms with Crippen molar-refractivity contribution in [3.8, 4) is 0 Å². The van der Waals surface area contributed by atoms with Crippen LogP contribution in [-0.4, -0.2) is 56.7 Å². The van der Waals surface area contributed by atoms with Crippen molar-refractivity contribution in [2.24, 2.45) is 0 Å². The van der Waals surface area contributed by atoms with Gasteiger partial charge in [-0.15, -0.1) is 0 Å². The summed E-state index contributed by atoms with van der Waals surface area (Å²) in [6, 6.07) is 5.54. The highest BCUT2D eigenvalue weighted by Gasteiger charge is 2.45. The van der Waals surface area contributed by atoms with E-state index in [1.165, 1.54) is 12.1 Å². The number of carbonyl (C=O) groups excluding carboxylic acids is 2. The molecule has 1 fully saturated rings. The van der Waals surface area contributed by atoms with E-state index in [4.69, 9.17) is 5.11 Å². The van der Waals surface area contributed by atoms with Crippen molar-refractivity contribution in [1.82, 2.24) is 9.80 Å². The normalized spacial score (nSPS) is 22.6. The lowest BCUT2D eigenvalue weighted by atomic mass is 10.1. The number of fused-ring (bicyclic) bond motifs is 1. The molecule has 0 aliphatic carbocycles. The number of amides is 3. The van der Waals surface area contributed by atoms with E-state index in [2.05, 4.69) is 0 Å². The van der Waals surface area contributed by atoms with Crippen molar-refractivity contribution in [2.45, 2.75) is 25.1 Å². The molecule has 2 heterocycles. The number of benzene rings is 1. The van der Waals surface area contributed by atoms with E-state index in [9.17, 15) is 19.5 Å². The molecule has 1 aromatic carbocycles. The van der Waals surface area contributed by atoms with Gasteiger partial charge >= 0.3 is 6.09 Å². The fourth-order valence-corrected chi connectivity index (χ4v) is 2.96. The molecule has 7 nitrogen and oxygen atoms in total. The molecule has 7 heteroatoms. The number of aliphatic hydroxyl groups excluding tert-OH is 1. The third-order valence-electron chi connectivity index (χ3n) is 3.98. The number of carboxylic acid groups (broad SMARTS) is 1. The molecular formula is C14H14N2O5. The van der Waals surface area contributed by atoms with Gasteiger partial charge in [0.25, 0.3) is 11.8 Å². The first-order valence-electron chi connectivity index (χ1n) is 6.67. The largest absolute Gasteiger partial charge is 0.465 e. The van der Waals surface area contributed by atoms with Gasteiger partial charge in [0.15, 0.2) is 6.23 Å². The quantitative estimate of drug-likeness (QED) is 0.783. The Kier molecular flexibility index (Phi) is 3.13. The first-order valence-corrected chi connectivity index (χ1v) is 6.67. The average molecular weight is 290 g/mol. The van der Waals surface area contributed by atoms with Crippen LogP contribution in [0.5, 0.6) is 0 Å². The molecule has 2 aliphatic rings. The smallest absolute Gasteiger partial charge is 0.407 e. The Labute approximate surface area is 120 Å². The number of likely N-dealkylation sites (tertiary alicyclic amines) is 1. The van der Waals surface area contributed by atoms with Crippen LogP contribution >= 0.6 is 0 Å². The predicted octanol–water partition coefficient (Wildman–Crippen LogP) is 0.743. The number of aliphatic hydroxyl groups is 1. The van der Waals surface area contributed by atoms with Crippen molar-refractivity contribution >= 4 is 17.9 Å². The van der Waals surface area contributed by atoms with E-state index < -0.39 is 30.2 Å². The molecule has 2 N–H and O–H groups in total. The highest BCUT2D eigenvalue weighted by Crippen LogP contribution is 2.29. The zero-order valence-electron chi connectivity index (χ0n) is 11.1. The lowest BCUT2D eigenvalue weighted by Crippen LogP contribution is -2.52. The maximum Gasteiger partial charge on any atom is 0.407 e. The van der Waals surface area contributed by atoms with Crippen LogP contribution in [-0.2, 0) is 0 Å². The van der Waals surface area contributed by atoms with Crippen molar-refractivity contribution in [3.63, 3.8) is 0 Å². The number of carbonyl (C=O) groups is 3.